The predicted octanol–water partition coefficient (Wildman–Crippen LogP) is 2.44. The van der Waals surface area contributed by atoms with Crippen molar-refractivity contribution in [2.45, 2.75) is 57.9 Å². The molecule has 3 aromatic rings. The molecule has 7 rings (SSSR count). The van der Waals surface area contributed by atoms with Crippen LogP contribution in [-0.4, -0.2) is 50.3 Å². The molecular formula is C28H28FN3O5. The van der Waals surface area contributed by atoms with Gasteiger partial charge in [0.05, 0.1) is 29.0 Å². The quantitative estimate of drug-likeness (QED) is 0.412. The number of carbonyl (C=O) groups excluding carboxylic acids is 1. The van der Waals surface area contributed by atoms with Crippen molar-refractivity contribution in [3.05, 3.63) is 61.7 Å². The molecule has 0 radical (unpaired) electrons. The molecule has 1 aromatic carbocycles. The van der Waals surface area contributed by atoms with Crippen molar-refractivity contribution in [1.82, 2.24) is 14.5 Å². The molecule has 4 aliphatic rings. The lowest BCUT2D eigenvalue weighted by molar-refractivity contribution is -0.172. The number of cyclic esters (lactones) is 1. The van der Waals surface area contributed by atoms with Gasteiger partial charge in [-0.2, -0.15) is 0 Å². The number of esters is 1. The highest BCUT2D eigenvalue weighted by atomic mass is 19.1. The Labute approximate surface area is 212 Å². The number of carbonyl (C=O) groups is 1. The molecule has 3 aliphatic heterocycles. The summed E-state index contributed by atoms with van der Waals surface area (Å²) >= 11 is 0. The van der Waals surface area contributed by atoms with Crippen LogP contribution in [0.1, 0.15) is 59.2 Å². The molecule has 192 valence electrons. The minimum absolute atomic E-state index is 0.0713. The molecule has 1 fully saturated rings. The molecule has 0 bridgehead atoms. The third kappa shape index (κ3) is 2.90. The topological polar surface area (TPSA) is 105 Å². The molecule has 0 spiro atoms. The van der Waals surface area contributed by atoms with E-state index in [9.17, 15) is 24.2 Å². The fourth-order valence-corrected chi connectivity index (χ4v) is 6.88. The number of fused-ring (bicyclic) bond motifs is 5. The Balaban J connectivity index is 1.50. The van der Waals surface area contributed by atoms with Gasteiger partial charge >= 0.3 is 5.97 Å². The first kappa shape index (κ1) is 23.0. The van der Waals surface area contributed by atoms with Crippen LogP contribution < -0.4 is 5.56 Å². The summed E-state index contributed by atoms with van der Waals surface area (Å²) in [7, 11) is 0. The second kappa shape index (κ2) is 7.69. The van der Waals surface area contributed by atoms with Gasteiger partial charge in [-0.1, -0.05) is 6.92 Å². The fourth-order valence-electron chi connectivity index (χ4n) is 6.88. The highest BCUT2D eigenvalue weighted by Gasteiger charge is 2.46. The van der Waals surface area contributed by atoms with Crippen molar-refractivity contribution in [2.75, 3.05) is 19.7 Å². The molecule has 9 heteroatoms. The minimum Gasteiger partial charge on any atom is -0.458 e. The van der Waals surface area contributed by atoms with Gasteiger partial charge in [-0.3, -0.25) is 9.69 Å². The second-order valence-electron chi connectivity index (χ2n) is 10.9. The number of rotatable bonds is 3. The van der Waals surface area contributed by atoms with Crippen molar-refractivity contribution >= 4 is 16.9 Å². The van der Waals surface area contributed by atoms with Gasteiger partial charge in [0.15, 0.2) is 5.60 Å². The van der Waals surface area contributed by atoms with Crippen LogP contribution in [0.25, 0.3) is 22.3 Å². The first-order chi connectivity index (χ1) is 17.8. The summed E-state index contributed by atoms with van der Waals surface area (Å²) in [4.78, 5) is 33.4. The fraction of sp³-hybridized carbons (Fsp3) is 0.464. The van der Waals surface area contributed by atoms with E-state index in [1.165, 1.54) is 6.07 Å². The Kier molecular flexibility index (Phi) is 4.78. The Morgan fingerprint density at radius 2 is 2.00 bits per heavy atom. The summed E-state index contributed by atoms with van der Waals surface area (Å²) in [5.74, 6) is -0.810. The Bertz CT molecular complexity index is 1590. The maximum atomic E-state index is 15.0. The second-order valence-corrected chi connectivity index (χ2v) is 10.9. The number of hydrogen-bond donors (Lipinski definition) is 2. The number of aromatic nitrogens is 2. The maximum absolute atomic E-state index is 15.0. The first-order valence-corrected chi connectivity index (χ1v) is 12.9. The largest absolute Gasteiger partial charge is 0.458 e. The Morgan fingerprint density at radius 3 is 2.73 bits per heavy atom. The number of nitrogens with zero attached hydrogens (tertiary/aromatic N) is 3. The number of ether oxygens (including phenoxy) is 1. The number of pyridine rings is 2. The lowest BCUT2D eigenvalue weighted by Crippen LogP contribution is -2.50. The van der Waals surface area contributed by atoms with Gasteiger partial charge in [0, 0.05) is 54.2 Å². The van der Waals surface area contributed by atoms with E-state index in [1.807, 2.05) is 6.92 Å². The van der Waals surface area contributed by atoms with Gasteiger partial charge in [0.1, 0.15) is 12.4 Å². The normalized spacial score (nSPS) is 24.5. The van der Waals surface area contributed by atoms with E-state index in [2.05, 4.69) is 4.90 Å². The molecule has 2 atom stereocenters. The SMILES string of the molecule is CC[C@@]1(O)C(=O)OCc2c1cc1n(c2=O)Cc2c-1nc1cc(F)c(C)c3c1c2C(N1CC(CO)C1)CC3. The highest BCUT2D eigenvalue weighted by molar-refractivity contribution is 5.93. The van der Waals surface area contributed by atoms with Crippen LogP contribution in [0.4, 0.5) is 4.39 Å². The monoisotopic (exact) mass is 505 g/mol. The summed E-state index contributed by atoms with van der Waals surface area (Å²) in [6.07, 6.45) is 1.63. The molecule has 37 heavy (non-hydrogen) atoms. The van der Waals surface area contributed by atoms with Crippen LogP contribution in [0.15, 0.2) is 16.9 Å². The van der Waals surface area contributed by atoms with Crippen LogP contribution in [0.3, 0.4) is 0 Å². The smallest absolute Gasteiger partial charge is 0.343 e. The molecule has 2 aromatic heterocycles. The Hall–Kier alpha value is -3.14. The summed E-state index contributed by atoms with van der Waals surface area (Å²) < 4.78 is 21.8. The van der Waals surface area contributed by atoms with Crippen molar-refractivity contribution in [3.8, 4) is 11.4 Å². The molecule has 0 saturated carbocycles. The molecule has 1 saturated heterocycles. The summed E-state index contributed by atoms with van der Waals surface area (Å²) in [6, 6.07) is 3.26. The van der Waals surface area contributed by atoms with E-state index in [0.717, 1.165) is 48.0 Å². The summed E-state index contributed by atoms with van der Waals surface area (Å²) in [6.45, 7) is 5.36. The van der Waals surface area contributed by atoms with Crippen LogP contribution in [0, 0.1) is 18.7 Å². The van der Waals surface area contributed by atoms with Crippen LogP contribution >= 0.6 is 0 Å². The van der Waals surface area contributed by atoms with Gasteiger partial charge < -0.3 is 19.5 Å². The van der Waals surface area contributed by atoms with Gasteiger partial charge in [0.25, 0.3) is 5.56 Å². The first-order valence-electron chi connectivity index (χ1n) is 12.9. The molecule has 0 amide bonds. The van der Waals surface area contributed by atoms with Crippen LogP contribution in [0.5, 0.6) is 0 Å². The number of hydrogen-bond acceptors (Lipinski definition) is 7. The van der Waals surface area contributed by atoms with E-state index in [0.29, 0.717) is 29.0 Å². The molecular weight excluding hydrogens is 477 g/mol. The van der Waals surface area contributed by atoms with E-state index in [1.54, 1.807) is 17.6 Å². The van der Waals surface area contributed by atoms with Crippen LogP contribution in [0.2, 0.25) is 0 Å². The van der Waals surface area contributed by atoms with Crippen LogP contribution in [-0.2, 0) is 34.7 Å². The third-order valence-electron chi connectivity index (χ3n) is 9.03. The number of likely N-dealkylation sites (tertiary alicyclic amines) is 1. The standard InChI is InChI=1S/C28H28FN3O5/c1-3-28(36)18-6-22-25-16(10-32(22)26(34)17(18)12-37-27(28)35)24-21(31-8-14(9-31)11-33)5-4-15-13(2)19(29)7-20(30-25)23(15)24/h6-7,14,21,33,36H,3-5,8-12H2,1-2H3/t21?,28-/m0/s1. The summed E-state index contributed by atoms with van der Waals surface area (Å²) in [5.41, 5.74) is 3.66. The maximum Gasteiger partial charge on any atom is 0.343 e. The number of halogens is 1. The average molecular weight is 506 g/mol. The predicted molar refractivity (Wildman–Crippen MR) is 132 cm³/mol. The molecule has 1 unspecified atom stereocenters. The van der Waals surface area contributed by atoms with E-state index < -0.39 is 11.6 Å². The third-order valence-corrected chi connectivity index (χ3v) is 9.03. The Morgan fingerprint density at radius 1 is 1.22 bits per heavy atom. The molecule has 2 N–H and O–H groups in total. The zero-order chi connectivity index (χ0) is 25.8. The average Bonchev–Trinajstić information content (AvgIpc) is 3.23. The van der Waals surface area contributed by atoms with Gasteiger partial charge in [-0.15, -0.1) is 0 Å². The van der Waals surface area contributed by atoms with E-state index in [4.69, 9.17) is 9.72 Å². The van der Waals surface area contributed by atoms with E-state index >= 15 is 0 Å². The van der Waals surface area contributed by atoms with E-state index in [-0.39, 0.29) is 54.1 Å². The zero-order valence-electron chi connectivity index (χ0n) is 20.8. The molecule has 1 aliphatic carbocycles. The van der Waals surface area contributed by atoms with Crippen molar-refractivity contribution in [3.63, 3.8) is 0 Å². The van der Waals surface area contributed by atoms with Gasteiger partial charge in [-0.05, 0) is 48.9 Å². The van der Waals surface area contributed by atoms with Crippen molar-refractivity contribution in [2.24, 2.45) is 5.92 Å². The molecule has 5 heterocycles. The lowest BCUT2D eigenvalue weighted by Gasteiger charge is -2.46. The highest BCUT2D eigenvalue weighted by Crippen LogP contribution is 2.48. The number of aliphatic hydroxyl groups excluding tert-OH is 1. The number of aliphatic hydroxyl groups is 2. The summed E-state index contributed by atoms with van der Waals surface area (Å²) in [5, 5.41) is 21.7. The minimum atomic E-state index is -1.90. The number of aryl methyl sites for hydroxylation is 1. The van der Waals surface area contributed by atoms with Crippen molar-refractivity contribution in [1.29, 1.82) is 0 Å². The van der Waals surface area contributed by atoms with Gasteiger partial charge in [0.2, 0.25) is 0 Å². The van der Waals surface area contributed by atoms with Gasteiger partial charge in [-0.25, -0.2) is 14.2 Å². The lowest BCUT2D eigenvalue weighted by atomic mass is 9.79. The zero-order valence-corrected chi connectivity index (χ0v) is 20.8. The number of benzene rings is 1. The molecule has 8 nitrogen and oxygen atoms in total. The van der Waals surface area contributed by atoms with Crippen molar-refractivity contribution < 1.29 is 24.1 Å².